The number of esters is 1. The second kappa shape index (κ2) is 5.27. The Balaban J connectivity index is 2.98. The highest BCUT2D eigenvalue weighted by Crippen LogP contribution is 2.26. The van der Waals surface area contributed by atoms with Crippen LogP contribution in [-0.4, -0.2) is 30.3 Å². The summed E-state index contributed by atoms with van der Waals surface area (Å²) in [6, 6.07) is 3.37. The van der Waals surface area contributed by atoms with Crippen LogP contribution in [-0.2, 0) is 4.74 Å². The maximum atomic E-state index is 11.5. The van der Waals surface area contributed by atoms with Crippen molar-refractivity contribution in [2.24, 2.45) is 0 Å². The maximum Gasteiger partial charge on any atom is 0.338 e. The Bertz CT molecular complexity index is 450. The number of benzene rings is 1. The van der Waals surface area contributed by atoms with Crippen molar-refractivity contribution < 1.29 is 14.6 Å². The van der Waals surface area contributed by atoms with Crippen LogP contribution in [0.4, 0.5) is 11.4 Å². The van der Waals surface area contributed by atoms with Crippen LogP contribution in [0, 0.1) is 6.92 Å². The second-order valence-electron chi connectivity index (χ2n) is 4.86. The zero-order chi connectivity index (χ0) is 13.9. The van der Waals surface area contributed by atoms with Gasteiger partial charge in [-0.1, -0.05) is 0 Å². The van der Waals surface area contributed by atoms with E-state index >= 15 is 0 Å². The first-order valence-electron chi connectivity index (χ1n) is 5.70. The molecule has 0 heterocycles. The number of hydrogen-bond donors (Lipinski definition) is 3. The zero-order valence-electron chi connectivity index (χ0n) is 11.2. The molecule has 0 fully saturated rings. The summed E-state index contributed by atoms with van der Waals surface area (Å²) in [7, 11) is 1.33. The number of carbonyl (C=O) groups is 1. The van der Waals surface area contributed by atoms with Gasteiger partial charge >= 0.3 is 5.97 Å². The first kappa shape index (κ1) is 14.3. The lowest BCUT2D eigenvalue weighted by Crippen LogP contribution is -2.29. The predicted molar refractivity (Wildman–Crippen MR) is 71.7 cm³/mol. The molecule has 0 radical (unpaired) electrons. The van der Waals surface area contributed by atoms with E-state index in [-0.39, 0.29) is 0 Å². The summed E-state index contributed by atoms with van der Waals surface area (Å²) in [4.78, 5) is 11.5. The summed E-state index contributed by atoms with van der Waals surface area (Å²) in [6.45, 7) is 5.53. The Labute approximate surface area is 107 Å². The van der Waals surface area contributed by atoms with Gasteiger partial charge in [0.25, 0.3) is 0 Å². The van der Waals surface area contributed by atoms with Crippen molar-refractivity contribution in [1.82, 2.24) is 0 Å². The van der Waals surface area contributed by atoms with Crippen LogP contribution >= 0.6 is 0 Å². The van der Waals surface area contributed by atoms with Gasteiger partial charge in [-0.05, 0) is 38.5 Å². The van der Waals surface area contributed by atoms with Gasteiger partial charge in [-0.25, -0.2) is 4.79 Å². The van der Waals surface area contributed by atoms with Gasteiger partial charge in [0.2, 0.25) is 0 Å². The topological polar surface area (TPSA) is 84.6 Å². The third-order valence-electron chi connectivity index (χ3n) is 2.63. The van der Waals surface area contributed by atoms with E-state index in [2.05, 4.69) is 10.1 Å². The maximum absolute atomic E-state index is 11.5. The molecule has 4 N–H and O–H groups in total. The molecule has 1 aromatic carbocycles. The van der Waals surface area contributed by atoms with Gasteiger partial charge in [-0.2, -0.15) is 0 Å². The lowest BCUT2D eigenvalue weighted by Gasteiger charge is -2.20. The average molecular weight is 252 g/mol. The van der Waals surface area contributed by atoms with Crippen LogP contribution in [0.25, 0.3) is 0 Å². The third kappa shape index (κ3) is 3.37. The van der Waals surface area contributed by atoms with E-state index < -0.39 is 11.6 Å². The van der Waals surface area contributed by atoms with Crippen molar-refractivity contribution in [1.29, 1.82) is 0 Å². The normalized spacial score (nSPS) is 11.2. The number of rotatable bonds is 4. The van der Waals surface area contributed by atoms with E-state index in [0.29, 0.717) is 29.0 Å². The van der Waals surface area contributed by atoms with Crippen LogP contribution in [0.3, 0.4) is 0 Å². The first-order chi connectivity index (χ1) is 8.26. The van der Waals surface area contributed by atoms with Gasteiger partial charge < -0.3 is 20.9 Å². The molecule has 100 valence electrons. The van der Waals surface area contributed by atoms with Crippen LogP contribution in [0.1, 0.15) is 29.8 Å². The summed E-state index contributed by atoms with van der Waals surface area (Å²) in [5, 5.41) is 12.7. The van der Waals surface area contributed by atoms with Gasteiger partial charge in [-0.15, -0.1) is 0 Å². The number of nitrogen functional groups attached to an aromatic ring is 1. The summed E-state index contributed by atoms with van der Waals surface area (Å²) < 4.78 is 4.67. The molecule has 0 atom stereocenters. The number of hydrogen-bond acceptors (Lipinski definition) is 5. The Morgan fingerprint density at radius 1 is 1.50 bits per heavy atom. The van der Waals surface area contributed by atoms with Crippen LogP contribution in [0.15, 0.2) is 12.1 Å². The molecule has 0 unspecified atom stereocenters. The van der Waals surface area contributed by atoms with Crippen LogP contribution < -0.4 is 11.1 Å². The summed E-state index contributed by atoms with van der Waals surface area (Å²) in [5.74, 6) is -0.409. The van der Waals surface area contributed by atoms with E-state index in [1.807, 2.05) is 0 Å². The molecule has 1 rings (SSSR count). The smallest absolute Gasteiger partial charge is 0.338 e. The highest BCUT2D eigenvalue weighted by molar-refractivity contribution is 5.94. The monoisotopic (exact) mass is 252 g/mol. The summed E-state index contributed by atoms with van der Waals surface area (Å²) >= 11 is 0. The first-order valence-corrected chi connectivity index (χ1v) is 5.70. The molecule has 0 bridgehead atoms. The number of ether oxygens (including phenoxy) is 1. The molecule has 0 saturated heterocycles. The Morgan fingerprint density at radius 2 is 2.11 bits per heavy atom. The van der Waals surface area contributed by atoms with E-state index in [0.717, 1.165) is 0 Å². The third-order valence-corrected chi connectivity index (χ3v) is 2.63. The standard InChI is InChI=1S/C13H20N2O3/c1-8-9(12(16)18-4)5-6-10(11(8)14)15-7-13(2,3)17/h5-6,15,17H,7,14H2,1-4H3. The lowest BCUT2D eigenvalue weighted by atomic mass is 10.0. The second-order valence-corrected chi connectivity index (χ2v) is 4.86. The van der Waals surface area contributed by atoms with Gasteiger partial charge in [0.1, 0.15) is 0 Å². The quantitative estimate of drug-likeness (QED) is 0.559. The average Bonchev–Trinajstić information content (AvgIpc) is 2.29. The van der Waals surface area contributed by atoms with E-state index in [1.165, 1.54) is 7.11 Å². The molecule has 5 heteroatoms. The predicted octanol–water partition coefficient (Wildman–Crippen LogP) is 1.55. The molecular weight excluding hydrogens is 232 g/mol. The largest absolute Gasteiger partial charge is 0.465 e. The number of aliphatic hydroxyl groups is 1. The molecular formula is C13H20N2O3. The molecule has 0 aliphatic rings. The molecule has 0 spiro atoms. The van der Waals surface area contributed by atoms with E-state index in [9.17, 15) is 9.90 Å². The summed E-state index contributed by atoms with van der Waals surface area (Å²) in [5.41, 5.74) is 7.42. The van der Waals surface area contributed by atoms with Crippen molar-refractivity contribution in [2.75, 3.05) is 24.7 Å². The fraction of sp³-hybridized carbons (Fsp3) is 0.462. The minimum atomic E-state index is -0.832. The number of nitrogens with one attached hydrogen (secondary N) is 1. The van der Waals surface area contributed by atoms with Crippen molar-refractivity contribution in [3.8, 4) is 0 Å². The fourth-order valence-corrected chi connectivity index (χ4v) is 1.53. The van der Waals surface area contributed by atoms with Gasteiger partial charge in [0.05, 0.1) is 29.6 Å². The molecule has 0 aliphatic carbocycles. The molecule has 0 amide bonds. The van der Waals surface area contributed by atoms with E-state index in [4.69, 9.17) is 5.73 Å². The highest BCUT2D eigenvalue weighted by atomic mass is 16.5. The lowest BCUT2D eigenvalue weighted by molar-refractivity contribution is 0.0600. The molecule has 0 aliphatic heterocycles. The van der Waals surface area contributed by atoms with Crippen molar-refractivity contribution in [3.63, 3.8) is 0 Å². The SMILES string of the molecule is COC(=O)c1ccc(NCC(C)(C)O)c(N)c1C. The highest BCUT2D eigenvalue weighted by Gasteiger charge is 2.16. The Kier molecular flexibility index (Phi) is 4.19. The number of carbonyl (C=O) groups excluding carboxylic acids is 1. The van der Waals surface area contributed by atoms with Crippen LogP contribution in [0.5, 0.6) is 0 Å². The minimum Gasteiger partial charge on any atom is -0.465 e. The minimum absolute atomic E-state index is 0.369. The van der Waals surface area contributed by atoms with Crippen molar-refractivity contribution in [2.45, 2.75) is 26.4 Å². The molecule has 18 heavy (non-hydrogen) atoms. The van der Waals surface area contributed by atoms with Gasteiger partial charge in [0.15, 0.2) is 0 Å². The Morgan fingerprint density at radius 3 is 2.61 bits per heavy atom. The number of anilines is 2. The van der Waals surface area contributed by atoms with E-state index in [1.54, 1.807) is 32.9 Å². The van der Waals surface area contributed by atoms with Crippen molar-refractivity contribution >= 4 is 17.3 Å². The zero-order valence-corrected chi connectivity index (χ0v) is 11.2. The summed E-state index contributed by atoms with van der Waals surface area (Å²) in [6.07, 6.45) is 0. The van der Waals surface area contributed by atoms with Gasteiger partial charge in [-0.3, -0.25) is 0 Å². The number of nitrogens with two attached hydrogens (primary N) is 1. The molecule has 0 aromatic heterocycles. The number of methoxy groups -OCH3 is 1. The molecule has 0 saturated carbocycles. The molecule has 1 aromatic rings. The van der Waals surface area contributed by atoms with Crippen LogP contribution in [0.2, 0.25) is 0 Å². The van der Waals surface area contributed by atoms with Crippen molar-refractivity contribution in [3.05, 3.63) is 23.3 Å². The van der Waals surface area contributed by atoms with Gasteiger partial charge in [0, 0.05) is 6.54 Å². The molecule has 5 nitrogen and oxygen atoms in total. The fourth-order valence-electron chi connectivity index (χ4n) is 1.53. The Hall–Kier alpha value is -1.75.